The summed E-state index contributed by atoms with van der Waals surface area (Å²) in [7, 11) is -4.61. The first-order chi connectivity index (χ1) is 30.5. The molecule has 0 spiro atoms. The Hall–Kier alpha value is -2.39. The highest BCUT2D eigenvalue weighted by atomic mass is 32.2. The second-order valence-corrected chi connectivity index (χ2v) is 18.6. The van der Waals surface area contributed by atoms with Gasteiger partial charge in [-0.05, 0) is 51.4 Å². The Morgan fingerprint density at radius 1 is 0.540 bits per heavy atom. The molecule has 12 nitrogen and oxygen atoms in total. The highest BCUT2D eigenvalue weighted by Crippen LogP contribution is 2.24. The largest absolute Gasteiger partial charge is 0.462 e. The molecule has 0 radical (unpaired) electrons. The van der Waals surface area contributed by atoms with Crippen molar-refractivity contribution in [3.05, 3.63) is 48.6 Å². The number of allylic oxidation sites excluding steroid dienone is 8. The van der Waals surface area contributed by atoms with Crippen LogP contribution in [0.1, 0.15) is 200 Å². The van der Waals surface area contributed by atoms with Gasteiger partial charge in [-0.1, -0.05) is 184 Å². The van der Waals surface area contributed by atoms with E-state index in [2.05, 4.69) is 50.3 Å². The van der Waals surface area contributed by atoms with Gasteiger partial charge in [0.15, 0.2) is 12.4 Å². The summed E-state index contributed by atoms with van der Waals surface area (Å²) < 4.78 is 54.1. The maximum absolute atomic E-state index is 12.8. The number of aliphatic hydroxyl groups is 3. The lowest BCUT2D eigenvalue weighted by Crippen LogP contribution is -2.60. The summed E-state index contributed by atoms with van der Waals surface area (Å²) >= 11 is 0. The molecule has 0 amide bonds. The van der Waals surface area contributed by atoms with Gasteiger partial charge in [0.1, 0.15) is 36.8 Å². The second-order valence-electron chi connectivity index (χ2n) is 17.1. The van der Waals surface area contributed by atoms with E-state index in [1.807, 2.05) is 12.2 Å². The van der Waals surface area contributed by atoms with Crippen LogP contribution in [0.2, 0.25) is 0 Å². The Labute approximate surface area is 382 Å². The van der Waals surface area contributed by atoms with Crippen LogP contribution in [-0.2, 0) is 38.7 Å². The molecule has 13 heteroatoms. The molecular formula is C50H88O12S. The molecule has 4 N–H and O–H groups in total. The summed E-state index contributed by atoms with van der Waals surface area (Å²) in [4.78, 5) is 25.4. The third-order valence-corrected chi connectivity index (χ3v) is 11.9. The first-order valence-electron chi connectivity index (χ1n) is 24.7. The summed E-state index contributed by atoms with van der Waals surface area (Å²) in [5.74, 6) is -2.05. The fraction of sp³-hybridized carbons (Fsp3) is 0.800. The van der Waals surface area contributed by atoms with Crippen molar-refractivity contribution in [1.82, 2.24) is 0 Å². The molecule has 1 rings (SSSR count). The number of ether oxygens (including phenoxy) is 4. The van der Waals surface area contributed by atoms with Crippen LogP contribution < -0.4 is 0 Å². The molecular weight excluding hydrogens is 825 g/mol. The van der Waals surface area contributed by atoms with Crippen molar-refractivity contribution in [2.75, 3.05) is 19.0 Å². The topological polar surface area (TPSA) is 186 Å². The van der Waals surface area contributed by atoms with Gasteiger partial charge in [-0.3, -0.25) is 14.1 Å². The van der Waals surface area contributed by atoms with Crippen LogP contribution in [0.25, 0.3) is 0 Å². The fourth-order valence-corrected chi connectivity index (χ4v) is 8.01. The van der Waals surface area contributed by atoms with E-state index in [4.69, 9.17) is 18.9 Å². The SMILES string of the molecule is CCCCCCCCC/C=C/C/C=C/C/C=C/C/C=C/CCCC(=O)O[C@H](COC(=O)CCCCCCCCCCCCCCCC)CO[C@H]1O[C@H](CS(=O)(=O)O)[C@@H](O)C(O)C1O. The van der Waals surface area contributed by atoms with Crippen molar-refractivity contribution >= 4 is 22.1 Å². The monoisotopic (exact) mass is 913 g/mol. The molecule has 0 aliphatic carbocycles. The molecule has 1 saturated heterocycles. The van der Waals surface area contributed by atoms with Gasteiger partial charge < -0.3 is 34.3 Å². The van der Waals surface area contributed by atoms with Gasteiger partial charge in [-0.25, -0.2) is 0 Å². The molecule has 1 aliphatic heterocycles. The number of hydrogen-bond acceptors (Lipinski definition) is 11. The molecule has 1 heterocycles. The summed E-state index contributed by atoms with van der Waals surface area (Å²) in [6.07, 6.45) is 38.7. The number of aliphatic hydroxyl groups excluding tert-OH is 3. The van der Waals surface area contributed by atoms with E-state index in [0.717, 1.165) is 44.9 Å². The molecule has 63 heavy (non-hydrogen) atoms. The average Bonchev–Trinajstić information content (AvgIpc) is 3.25. The predicted octanol–water partition coefficient (Wildman–Crippen LogP) is 10.7. The Balaban J connectivity index is 2.45. The van der Waals surface area contributed by atoms with Crippen molar-refractivity contribution in [3.63, 3.8) is 0 Å². The van der Waals surface area contributed by atoms with Crippen LogP contribution in [0.4, 0.5) is 0 Å². The quantitative estimate of drug-likeness (QED) is 0.0197. The zero-order chi connectivity index (χ0) is 46.2. The van der Waals surface area contributed by atoms with Crippen molar-refractivity contribution in [1.29, 1.82) is 0 Å². The zero-order valence-corrected chi connectivity index (χ0v) is 40.0. The smallest absolute Gasteiger partial charge is 0.306 e. The molecule has 0 bridgehead atoms. The Kier molecular flexibility index (Phi) is 37.2. The van der Waals surface area contributed by atoms with E-state index < -0.39 is 71.2 Å². The highest BCUT2D eigenvalue weighted by molar-refractivity contribution is 7.85. The van der Waals surface area contributed by atoms with Gasteiger partial charge >= 0.3 is 11.9 Å². The lowest BCUT2D eigenvalue weighted by atomic mass is 10.00. The van der Waals surface area contributed by atoms with E-state index in [1.54, 1.807) is 0 Å². The number of unbranched alkanes of at least 4 members (excludes halogenated alkanes) is 21. The van der Waals surface area contributed by atoms with E-state index in [9.17, 15) is 37.9 Å². The Bertz CT molecular complexity index is 1350. The molecule has 0 saturated carbocycles. The van der Waals surface area contributed by atoms with Crippen LogP contribution in [0.15, 0.2) is 48.6 Å². The summed E-state index contributed by atoms with van der Waals surface area (Å²) in [6.45, 7) is 3.72. The van der Waals surface area contributed by atoms with Crippen LogP contribution in [0.3, 0.4) is 0 Å². The van der Waals surface area contributed by atoms with Crippen molar-refractivity contribution < 1.29 is 56.8 Å². The molecule has 0 aromatic heterocycles. The average molecular weight is 913 g/mol. The molecule has 2 unspecified atom stereocenters. The Morgan fingerprint density at radius 2 is 0.968 bits per heavy atom. The first kappa shape index (κ1) is 58.6. The minimum absolute atomic E-state index is 0.0891. The van der Waals surface area contributed by atoms with Crippen molar-refractivity contribution in [3.8, 4) is 0 Å². The van der Waals surface area contributed by atoms with Crippen LogP contribution >= 0.6 is 0 Å². The summed E-state index contributed by atoms with van der Waals surface area (Å²) in [6, 6.07) is 0. The third kappa shape index (κ3) is 34.6. The molecule has 6 atom stereocenters. The third-order valence-electron chi connectivity index (χ3n) is 11.2. The van der Waals surface area contributed by atoms with E-state index in [-0.39, 0.29) is 19.4 Å². The maximum Gasteiger partial charge on any atom is 0.306 e. The summed E-state index contributed by atoms with van der Waals surface area (Å²) in [5, 5.41) is 30.9. The van der Waals surface area contributed by atoms with E-state index in [0.29, 0.717) is 19.3 Å². The van der Waals surface area contributed by atoms with Crippen LogP contribution in [-0.4, -0.2) is 96.0 Å². The van der Waals surface area contributed by atoms with Gasteiger partial charge in [0, 0.05) is 12.8 Å². The number of carbonyl (C=O) groups excluding carboxylic acids is 2. The predicted molar refractivity (Wildman–Crippen MR) is 252 cm³/mol. The van der Waals surface area contributed by atoms with E-state index in [1.165, 1.54) is 109 Å². The number of rotatable bonds is 41. The van der Waals surface area contributed by atoms with Gasteiger partial charge in [0.05, 0.1) is 6.61 Å². The minimum atomic E-state index is -4.61. The number of esters is 2. The van der Waals surface area contributed by atoms with Gasteiger partial charge in [0.25, 0.3) is 10.1 Å². The molecule has 1 aliphatic rings. The number of hydrogen-bond donors (Lipinski definition) is 4. The molecule has 1 fully saturated rings. The first-order valence-corrected chi connectivity index (χ1v) is 26.3. The lowest BCUT2D eigenvalue weighted by Gasteiger charge is -2.40. The minimum Gasteiger partial charge on any atom is -0.462 e. The highest BCUT2D eigenvalue weighted by Gasteiger charge is 2.46. The standard InChI is InChI=1S/C50H88O12S/c1-3-5-7-9-11-13-15-17-19-20-21-22-23-24-25-27-29-31-33-35-37-39-46(52)61-43(41-60-50-49(55)48(54)47(53)44(62-50)42-63(56,57)58)40-59-45(51)38-36-34-32-30-28-26-18-16-14-12-10-8-6-4-2/h19-20,22-23,25,27,31,33,43-44,47-50,53-55H,3-18,21,24,26,28-30,32,34-42H2,1-2H3,(H,56,57,58)/b20-19+,23-22+,27-25+,33-31+/t43-,44-,47-,48?,49?,50+/m1/s1. The van der Waals surface area contributed by atoms with Crippen LogP contribution in [0.5, 0.6) is 0 Å². The maximum atomic E-state index is 12.8. The van der Waals surface area contributed by atoms with Gasteiger partial charge in [0.2, 0.25) is 0 Å². The lowest BCUT2D eigenvalue weighted by molar-refractivity contribution is -0.297. The molecule has 0 aromatic rings. The molecule has 0 aromatic carbocycles. The normalized spacial score (nSPS) is 20.1. The zero-order valence-electron chi connectivity index (χ0n) is 39.2. The Morgan fingerprint density at radius 3 is 1.46 bits per heavy atom. The summed E-state index contributed by atoms with van der Waals surface area (Å²) in [5.41, 5.74) is 0. The van der Waals surface area contributed by atoms with E-state index >= 15 is 0 Å². The fourth-order valence-electron chi connectivity index (χ4n) is 7.32. The number of carbonyl (C=O) groups is 2. The van der Waals surface area contributed by atoms with Crippen molar-refractivity contribution in [2.24, 2.45) is 0 Å². The van der Waals surface area contributed by atoms with Gasteiger partial charge in [-0.15, -0.1) is 0 Å². The van der Waals surface area contributed by atoms with Crippen LogP contribution in [0, 0.1) is 0 Å². The second kappa shape index (κ2) is 39.9. The van der Waals surface area contributed by atoms with Crippen molar-refractivity contribution in [2.45, 2.75) is 237 Å². The molecule has 366 valence electrons. The van der Waals surface area contributed by atoms with Gasteiger partial charge in [-0.2, -0.15) is 8.42 Å².